The van der Waals surface area contributed by atoms with Gasteiger partial charge in [-0.2, -0.15) is 0 Å². The van der Waals surface area contributed by atoms with Gasteiger partial charge in [0.15, 0.2) is 0 Å². The Balaban J connectivity index is 2.10. The molecule has 0 aromatic heterocycles. The van der Waals surface area contributed by atoms with Crippen molar-refractivity contribution in [3.05, 3.63) is 35.4 Å². The number of hydrogen-bond acceptors (Lipinski definition) is 3. The highest BCUT2D eigenvalue weighted by Gasteiger charge is 2.36. The van der Waals surface area contributed by atoms with Crippen molar-refractivity contribution in [2.45, 2.75) is 40.2 Å². The molecule has 1 aliphatic rings. The Morgan fingerprint density at radius 3 is 2.42 bits per heavy atom. The van der Waals surface area contributed by atoms with Gasteiger partial charge in [-0.15, -0.1) is 0 Å². The number of benzene rings is 1. The van der Waals surface area contributed by atoms with E-state index in [0.29, 0.717) is 25.1 Å². The lowest BCUT2D eigenvalue weighted by Gasteiger charge is -2.37. The fraction of sp³-hybridized carbons (Fsp3) is 0.550. The summed E-state index contributed by atoms with van der Waals surface area (Å²) < 4.78 is 0. The number of hydrogen-bond donors (Lipinski definition) is 2. The molecular formula is C20H28N2O4. The molecule has 1 aromatic rings. The van der Waals surface area contributed by atoms with Gasteiger partial charge in [0.2, 0.25) is 5.91 Å². The third kappa shape index (κ3) is 4.42. The van der Waals surface area contributed by atoms with Gasteiger partial charge in [-0.05, 0) is 36.8 Å². The molecule has 2 rings (SSSR count). The summed E-state index contributed by atoms with van der Waals surface area (Å²) in [5, 5.41) is 12.1. The second kappa shape index (κ2) is 8.34. The summed E-state index contributed by atoms with van der Waals surface area (Å²) in [5.74, 6) is -1.80. The van der Waals surface area contributed by atoms with Gasteiger partial charge in [0.1, 0.15) is 6.04 Å². The second-order valence-corrected chi connectivity index (χ2v) is 7.51. The van der Waals surface area contributed by atoms with Gasteiger partial charge >= 0.3 is 5.97 Å². The summed E-state index contributed by atoms with van der Waals surface area (Å²) >= 11 is 0. The molecule has 1 saturated heterocycles. The smallest absolute Gasteiger partial charge is 0.306 e. The third-order valence-electron chi connectivity index (χ3n) is 5.14. The Kier molecular flexibility index (Phi) is 6.40. The van der Waals surface area contributed by atoms with Crippen LogP contribution in [0.5, 0.6) is 0 Å². The Morgan fingerprint density at radius 1 is 1.23 bits per heavy atom. The normalized spacial score (nSPS) is 21.3. The zero-order valence-corrected chi connectivity index (χ0v) is 15.9. The van der Waals surface area contributed by atoms with E-state index in [4.69, 9.17) is 0 Å². The fourth-order valence-corrected chi connectivity index (χ4v) is 3.47. The monoisotopic (exact) mass is 360 g/mol. The first-order valence-corrected chi connectivity index (χ1v) is 9.10. The van der Waals surface area contributed by atoms with Crippen LogP contribution in [0.2, 0.25) is 0 Å². The maximum atomic E-state index is 13.0. The molecular weight excluding hydrogens is 332 g/mol. The van der Waals surface area contributed by atoms with Gasteiger partial charge in [0.05, 0.1) is 5.92 Å². The Labute approximate surface area is 154 Å². The number of nitrogens with zero attached hydrogens (tertiary/aromatic N) is 1. The molecule has 0 spiro atoms. The first kappa shape index (κ1) is 19.9. The highest BCUT2D eigenvalue weighted by Crippen LogP contribution is 2.24. The molecule has 2 amide bonds. The number of carboxylic acid groups (broad SMARTS) is 1. The number of likely N-dealkylation sites (tertiary alicyclic amines) is 1. The van der Waals surface area contributed by atoms with Crippen molar-refractivity contribution in [3.8, 4) is 0 Å². The molecule has 1 aromatic carbocycles. The van der Waals surface area contributed by atoms with Crippen LogP contribution in [0.1, 0.15) is 43.1 Å². The van der Waals surface area contributed by atoms with Crippen molar-refractivity contribution < 1.29 is 19.5 Å². The van der Waals surface area contributed by atoms with Crippen molar-refractivity contribution >= 4 is 17.8 Å². The lowest BCUT2D eigenvalue weighted by atomic mass is 9.86. The highest BCUT2D eigenvalue weighted by molar-refractivity contribution is 5.98. The maximum Gasteiger partial charge on any atom is 0.306 e. The summed E-state index contributed by atoms with van der Waals surface area (Å²) in [5.41, 5.74) is 1.42. The minimum Gasteiger partial charge on any atom is -0.481 e. The first-order valence-electron chi connectivity index (χ1n) is 9.10. The molecule has 1 fully saturated rings. The van der Waals surface area contributed by atoms with Gasteiger partial charge in [0.25, 0.3) is 5.91 Å². The predicted octanol–water partition coefficient (Wildman–Crippen LogP) is 2.32. The summed E-state index contributed by atoms with van der Waals surface area (Å²) in [6.07, 6.45) is 0.443. The van der Waals surface area contributed by atoms with E-state index in [-0.39, 0.29) is 23.7 Å². The number of piperidine rings is 1. The number of carbonyl (C=O) groups excluding carboxylic acids is 2. The van der Waals surface area contributed by atoms with Crippen molar-refractivity contribution in [1.82, 2.24) is 10.2 Å². The minimum atomic E-state index is -0.808. The van der Waals surface area contributed by atoms with Crippen LogP contribution in [0, 0.1) is 24.7 Å². The predicted molar refractivity (Wildman–Crippen MR) is 98.8 cm³/mol. The number of aryl methyl sites for hydroxylation is 1. The number of carboxylic acids is 1. The van der Waals surface area contributed by atoms with E-state index < -0.39 is 17.9 Å². The molecule has 0 radical (unpaired) electrons. The minimum absolute atomic E-state index is 0.0667. The topological polar surface area (TPSA) is 86.7 Å². The number of nitrogens with one attached hydrogen (secondary N) is 1. The molecule has 1 aliphatic heterocycles. The standard InChI is InChI=1S/C20H28N2O4/c1-12(2)17(21-18(23)15-8-6-5-7-13(15)3)19(24)22-10-9-16(20(25)26)14(4)11-22/h5-8,12,14,16-17H,9-11H2,1-4H3,(H,21,23)(H,25,26). The molecule has 0 bridgehead atoms. The third-order valence-corrected chi connectivity index (χ3v) is 5.14. The molecule has 26 heavy (non-hydrogen) atoms. The van der Waals surface area contributed by atoms with E-state index in [0.717, 1.165) is 5.56 Å². The van der Waals surface area contributed by atoms with E-state index in [1.807, 2.05) is 39.8 Å². The molecule has 2 N–H and O–H groups in total. The summed E-state index contributed by atoms with van der Waals surface area (Å²) in [7, 11) is 0. The Hall–Kier alpha value is -2.37. The SMILES string of the molecule is Cc1ccccc1C(=O)NC(C(=O)N1CCC(C(=O)O)C(C)C1)C(C)C. The second-order valence-electron chi connectivity index (χ2n) is 7.51. The fourth-order valence-electron chi connectivity index (χ4n) is 3.47. The zero-order chi connectivity index (χ0) is 19.4. The lowest BCUT2D eigenvalue weighted by molar-refractivity contribution is -0.149. The average Bonchev–Trinajstić information content (AvgIpc) is 2.58. The van der Waals surface area contributed by atoms with Gasteiger partial charge in [-0.3, -0.25) is 14.4 Å². The van der Waals surface area contributed by atoms with E-state index in [2.05, 4.69) is 5.32 Å². The molecule has 0 saturated carbocycles. The molecule has 1 heterocycles. The Bertz CT molecular complexity index is 686. The van der Waals surface area contributed by atoms with Crippen molar-refractivity contribution in [3.63, 3.8) is 0 Å². The van der Waals surface area contributed by atoms with Crippen LogP contribution < -0.4 is 5.32 Å². The van der Waals surface area contributed by atoms with Crippen LogP contribution in [0.15, 0.2) is 24.3 Å². The van der Waals surface area contributed by atoms with Crippen molar-refractivity contribution in [1.29, 1.82) is 0 Å². The van der Waals surface area contributed by atoms with Crippen molar-refractivity contribution in [2.75, 3.05) is 13.1 Å². The molecule has 142 valence electrons. The van der Waals surface area contributed by atoms with Crippen LogP contribution in [-0.4, -0.2) is 46.9 Å². The van der Waals surface area contributed by atoms with Gasteiger partial charge in [-0.25, -0.2) is 0 Å². The van der Waals surface area contributed by atoms with E-state index >= 15 is 0 Å². The van der Waals surface area contributed by atoms with Crippen LogP contribution >= 0.6 is 0 Å². The van der Waals surface area contributed by atoms with Crippen LogP contribution in [0.3, 0.4) is 0 Å². The number of carbonyl (C=O) groups is 3. The molecule has 6 nitrogen and oxygen atoms in total. The van der Waals surface area contributed by atoms with Crippen LogP contribution in [0.4, 0.5) is 0 Å². The molecule has 0 aliphatic carbocycles. The zero-order valence-electron chi connectivity index (χ0n) is 15.9. The van der Waals surface area contributed by atoms with E-state index in [1.165, 1.54) is 0 Å². The van der Waals surface area contributed by atoms with Gasteiger partial charge < -0.3 is 15.3 Å². The highest BCUT2D eigenvalue weighted by atomic mass is 16.4. The van der Waals surface area contributed by atoms with E-state index in [1.54, 1.807) is 17.0 Å². The van der Waals surface area contributed by atoms with Gasteiger partial charge in [0, 0.05) is 18.7 Å². The molecule has 6 heteroatoms. The average molecular weight is 360 g/mol. The number of amides is 2. The molecule has 3 unspecified atom stereocenters. The van der Waals surface area contributed by atoms with Crippen molar-refractivity contribution in [2.24, 2.45) is 17.8 Å². The molecule has 3 atom stereocenters. The number of rotatable bonds is 5. The Morgan fingerprint density at radius 2 is 1.88 bits per heavy atom. The van der Waals surface area contributed by atoms with Crippen LogP contribution in [-0.2, 0) is 9.59 Å². The quantitative estimate of drug-likeness (QED) is 0.844. The maximum absolute atomic E-state index is 13.0. The van der Waals surface area contributed by atoms with E-state index in [9.17, 15) is 19.5 Å². The largest absolute Gasteiger partial charge is 0.481 e. The first-order chi connectivity index (χ1) is 12.2. The summed E-state index contributed by atoms with van der Waals surface area (Å²) in [6.45, 7) is 8.32. The van der Waals surface area contributed by atoms with Gasteiger partial charge in [-0.1, -0.05) is 39.0 Å². The summed E-state index contributed by atoms with van der Waals surface area (Å²) in [6, 6.07) is 6.64. The van der Waals surface area contributed by atoms with Crippen LogP contribution in [0.25, 0.3) is 0 Å². The lowest BCUT2D eigenvalue weighted by Crippen LogP contribution is -2.54. The number of aliphatic carboxylic acids is 1. The summed E-state index contributed by atoms with van der Waals surface area (Å²) in [4.78, 5) is 38.5.